The van der Waals surface area contributed by atoms with Gasteiger partial charge in [-0.05, 0) is 67.0 Å². The van der Waals surface area contributed by atoms with Crippen LogP contribution in [0.25, 0.3) is 12.2 Å². The number of hydrogen-bond donors (Lipinski definition) is 2. The molecule has 0 saturated carbocycles. The molecular weight excluding hydrogens is 695 g/mol. The van der Waals surface area contributed by atoms with Crippen LogP contribution in [0, 0.1) is 0 Å². The van der Waals surface area contributed by atoms with Gasteiger partial charge in [-0.1, -0.05) is 53.6 Å². The monoisotopic (exact) mass is 738 g/mol. The van der Waals surface area contributed by atoms with E-state index < -0.39 is 11.9 Å². The lowest BCUT2D eigenvalue weighted by Crippen LogP contribution is -2.50. The number of hydrogen-bond acceptors (Lipinski definition) is 8. The molecule has 2 aliphatic rings. The van der Waals surface area contributed by atoms with Gasteiger partial charge in [-0.15, -0.1) is 0 Å². The minimum Gasteiger partial charge on any atom is -0.497 e. The number of amides is 1. The number of aliphatic carboxylic acids is 2. The predicted octanol–water partition coefficient (Wildman–Crippen LogP) is 5.86. The lowest BCUT2D eigenvalue weighted by atomic mass is 10.1. The zero-order valence-electron chi connectivity index (χ0n) is 28.8. The summed E-state index contributed by atoms with van der Waals surface area (Å²) in [4.78, 5) is 41.6. The van der Waals surface area contributed by atoms with E-state index in [1.807, 2.05) is 65.6 Å². The SMILES string of the molecule is COc1ccc(N2CCN(CCCN3CCN(C(=O)c4ccc(/C=C/c5ccc(Cl)c(Cl)c5)cc4)CC3)CC2)c(OC)c1.O=C(O)/C=C/C(=O)O. The molecule has 2 saturated heterocycles. The highest BCUT2D eigenvalue weighted by Gasteiger charge is 2.23. The molecule has 0 aliphatic carbocycles. The van der Waals surface area contributed by atoms with Gasteiger partial charge in [0.2, 0.25) is 0 Å². The third-order valence-electron chi connectivity index (χ3n) is 8.65. The Bertz CT molecular complexity index is 1670. The number of benzene rings is 3. The molecule has 1 amide bonds. The van der Waals surface area contributed by atoms with Crippen molar-refractivity contribution < 1.29 is 34.1 Å². The molecule has 0 unspecified atom stereocenters. The number of carboxylic acid groups (broad SMARTS) is 2. The highest BCUT2D eigenvalue weighted by Crippen LogP contribution is 2.32. The number of carbonyl (C=O) groups excluding carboxylic acids is 1. The molecule has 13 heteroatoms. The van der Waals surface area contributed by atoms with Gasteiger partial charge >= 0.3 is 11.9 Å². The van der Waals surface area contributed by atoms with E-state index in [0.717, 1.165) is 106 Å². The third-order valence-corrected chi connectivity index (χ3v) is 9.39. The second-order valence-corrected chi connectivity index (χ2v) is 12.8. The van der Waals surface area contributed by atoms with Gasteiger partial charge in [-0.2, -0.15) is 0 Å². The van der Waals surface area contributed by atoms with Crippen LogP contribution in [0.3, 0.4) is 0 Å². The number of carboxylic acids is 2. The van der Waals surface area contributed by atoms with E-state index in [2.05, 4.69) is 20.8 Å². The summed E-state index contributed by atoms with van der Waals surface area (Å²) < 4.78 is 10.9. The van der Waals surface area contributed by atoms with Crippen LogP contribution in [-0.2, 0) is 9.59 Å². The van der Waals surface area contributed by atoms with Gasteiger partial charge in [0, 0.05) is 76.1 Å². The van der Waals surface area contributed by atoms with Crippen molar-refractivity contribution in [1.29, 1.82) is 0 Å². The Morgan fingerprint density at radius 3 is 1.80 bits per heavy atom. The van der Waals surface area contributed by atoms with Gasteiger partial charge in [0.05, 0.1) is 30.0 Å². The van der Waals surface area contributed by atoms with Crippen molar-refractivity contribution in [2.24, 2.45) is 0 Å². The fourth-order valence-corrected chi connectivity index (χ4v) is 6.13. The molecule has 0 spiro atoms. The standard InChI is InChI=1S/C34H40Cl2N4O3.C4H4O4/c1-42-29-11-13-32(33(25-29)43-2)39-20-16-37(17-21-39)14-3-15-38-18-22-40(23-19-38)34(41)28-9-6-26(7-10-28)4-5-27-8-12-30(35)31(36)24-27;5-3(6)1-2-4(7)8/h4-13,24-25H,3,14-23H2,1-2H3;1-2H,(H,5,6)(H,7,8)/b5-4+;2-1+. The van der Waals surface area contributed by atoms with Crippen LogP contribution in [0.1, 0.15) is 27.9 Å². The number of halogens is 2. The van der Waals surface area contributed by atoms with Crippen LogP contribution in [0.2, 0.25) is 10.0 Å². The summed E-state index contributed by atoms with van der Waals surface area (Å²) in [6, 6.07) is 19.4. The van der Waals surface area contributed by atoms with Crippen molar-refractivity contribution in [3.8, 4) is 11.5 Å². The lowest BCUT2D eigenvalue weighted by molar-refractivity contribution is -0.134. The number of anilines is 1. The van der Waals surface area contributed by atoms with E-state index in [1.165, 1.54) is 0 Å². The maximum absolute atomic E-state index is 13.1. The van der Waals surface area contributed by atoms with Gasteiger partial charge in [0.15, 0.2) is 0 Å². The van der Waals surface area contributed by atoms with Crippen molar-refractivity contribution >= 4 is 58.9 Å². The van der Waals surface area contributed by atoms with Crippen LogP contribution in [0.4, 0.5) is 5.69 Å². The van der Waals surface area contributed by atoms with E-state index in [0.29, 0.717) is 22.2 Å². The van der Waals surface area contributed by atoms with E-state index in [-0.39, 0.29) is 5.91 Å². The second-order valence-electron chi connectivity index (χ2n) is 12.0. The lowest BCUT2D eigenvalue weighted by Gasteiger charge is -2.38. The normalized spacial score (nSPS) is 15.5. The van der Waals surface area contributed by atoms with E-state index >= 15 is 0 Å². The molecule has 3 aromatic rings. The molecule has 2 N–H and O–H groups in total. The first kappa shape index (κ1) is 39.2. The average molecular weight is 740 g/mol. The quantitative estimate of drug-likeness (QED) is 0.173. The number of rotatable bonds is 12. The summed E-state index contributed by atoms with van der Waals surface area (Å²) in [5.74, 6) is -0.744. The summed E-state index contributed by atoms with van der Waals surface area (Å²) in [6.45, 7) is 9.58. The molecular formula is C38H44Cl2N4O7. The van der Waals surface area contributed by atoms with Gasteiger partial charge in [-0.3, -0.25) is 14.6 Å². The zero-order chi connectivity index (χ0) is 36.8. The molecule has 2 heterocycles. The first-order valence-corrected chi connectivity index (χ1v) is 17.4. The number of methoxy groups -OCH3 is 2. The second kappa shape index (κ2) is 19.7. The molecule has 3 aromatic carbocycles. The van der Waals surface area contributed by atoms with Crippen LogP contribution < -0.4 is 14.4 Å². The minimum absolute atomic E-state index is 0.103. The van der Waals surface area contributed by atoms with Crippen molar-refractivity contribution in [2.75, 3.05) is 84.6 Å². The topological polar surface area (TPSA) is 123 Å². The number of ether oxygens (including phenoxy) is 2. The molecule has 0 radical (unpaired) electrons. The van der Waals surface area contributed by atoms with Gasteiger partial charge < -0.3 is 29.5 Å². The predicted molar refractivity (Wildman–Crippen MR) is 201 cm³/mol. The maximum atomic E-state index is 13.1. The highest BCUT2D eigenvalue weighted by atomic mass is 35.5. The summed E-state index contributed by atoms with van der Waals surface area (Å²) in [5.41, 5.74) is 3.85. The smallest absolute Gasteiger partial charge is 0.328 e. The third kappa shape index (κ3) is 12.3. The summed E-state index contributed by atoms with van der Waals surface area (Å²) in [7, 11) is 3.39. The van der Waals surface area contributed by atoms with Crippen molar-refractivity contribution in [3.05, 3.63) is 99.6 Å². The minimum atomic E-state index is -1.26. The molecule has 0 atom stereocenters. The van der Waals surface area contributed by atoms with E-state index in [4.69, 9.17) is 42.9 Å². The molecule has 0 bridgehead atoms. The Labute approximate surface area is 308 Å². The van der Waals surface area contributed by atoms with Crippen molar-refractivity contribution in [1.82, 2.24) is 14.7 Å². The molecule has 272 valence electrons. The van der Waals surface area contributed by atoms with Crippen LogP contribution in [-0.4, -0.2) is 122 Å². The first-order chi connectivity index (χ1) is 24.6. The summed E-state index contributed by atoms with van der Waals surface area (Å²) in [6.07, 6.45) is 6.24. The molecule has 2 fully saturated rings. The first-order valence-electron chi connectivity index (χ1n) is 16.6. The summed E-state index contributed by atoms with van der Waals surface area (Å²) >= 11 is 12.1. The van der Waals surface area contributed by atoms with Gasteiger partial charge in [-0.25, -0.2) is 9.59 Å². The Morgan fingerprint density at radius 1 is 0.686 bits per heavy atom. The molecule has 51 heavy (non-hydrogen) atoms. The van der Waals surface area contributed by atoms with Crippen LogP contribution >= 0.6 is 23.2 Å². The molecule has 11 nitrogen and oxygen atoms in total. The largest absolute Gasteiger partial charge is 0.497 e. The fourth-order valence-electron chi connectivity index (χ4n) is 5.82. The Hall–Kier alpha value is -4.55. The average Bonchev–Trinajstić information content (AvgIpc) is 3.15. The molecule has 2 aliphatic heterocycles. The highest BCUT2D eigenvalue weighted by molar-refractivity contribution is 6.42. The van der Waals surface area contributed by atoms with Gasteiger partial charge in [0.1, 0.15) is 11.5 Å². The van der Waals surface area contributed by atoms with E-state index in [9.17, 15) is 14.4 Å². The molecule has 0 aromatic heterocycles. The Balaban J connectivity index is 0.000000652. The number of piperazine rings is 2. The molecule has 5 rings (SSSR count). The van der Waals surface area contributed by atoms with Gasteiger partial charge in [0.25, 0.3) is 5.91 Å². The van der Waals surface area contributed by atoms with Crippen LogP contribution in [0.5, 0.6) is 11.5 Å². The van der Waals surface area contributed by atoms with Crippen molar-refractivity contribution in [2.45, 2.75) is 6.42 Å². The Morgan fingerprint density at radius 2 is 1.25 bits per heavy atom. The summed E-state index contributed by atoms with van der Waals surface area (Å²) in [5, 5.41) is 16.7. The number of nitrogens with zero attached hydrogens (tertiary/aromatic N) is 4. The van der Waals surface area contributed by atoms with Crippen LogP contribution in [0.15, 0.2) is 72.8 Å². The van der Waals surface area contributed by atoms with Crippen molar-refractivity contribution in [3.63, 3.8) is 0 Å². The van der Waals surface area contributed by atoms with E-state index in [1.54, 1.807) is 20.3 Å². The maximum Gasteiger partial charge on any atom is 0.328 e. The fraction of sp³-hybridized carbons (Fsp3) is 0.342. The number of carbonyl (C=O) groups is 3. The Kier molecular flexibility index (Phi) is 15.2. The zero-order valence-corrected chi connectivity index (χ0v) is 30.4.